The van der Waals surface area contributed by atoms with Crippen molar-refractivity contribution in [2.75, 3.05) is 32.1 Å². The van der Waals surface area contributed by atoms with Crippen molar-refractivity contribution in [2.24, 2.45) is 0 Å². The molecule has 3 rings (SSSR count). The first-order valence-electron chi connectivity index (χ1n) is 8.77. The smallest absolute Gasteiger partial charge is 0.260 e. The fourth-order valence-electron chi connectivity index (χ4n) is 3.02. The molecule has 136 valence electrons. The number of nitrogens with zero attached hydrogens (tertiary/aromatic N) is 3. The van der Waals surface area contributed by atoms with E-state index in [1.54, 1.807) is 11.3 Å². The van der Waals surface area contributed by atoms with E-state index in [-0.39, 0.29) is 5.91 Å². The molecule has 26 heavy (non-hydrogen) atoms. The zero-order valence-corrected chi connectivity index (χ0v) is 16.9. The molecule has 4 nitrogen and oxygen atoms in total. The summed E-state index contributed by atoms with van der Waals surface area (Å²) in [5.74, 6) is 0.0124. The molecule has 2 aromatic carbocycles. The van der Waals surface area contributed by atoms with Gasteiger partial charge in [-0.3, -0.25) is 9.69 Å². The normalized spacial score (nSPS) is 11.3. The average molecular weight is 368 g/mol. The number of carbonyl (C=O) groups is 1. The Morgan fingerprint density at radius 1 is 1.04 bits per heavy atom. The van der Waals surface area contributed by atoms with Crippen molar-refractivity contribution in [1.82, 2.24) is 9.88 Å². The molecule has 0 atom stereocenters. The van der Waals surface area contributed by atoms with Gasteiger partial charge in [-0.2, -0.15) is 0 Å². The lowest BCUT2D eigenvalue weighted by molar-refractivity contribution is 0.0984. The van der Waals surface area contributed by atoms with E-state index in [2.05, 4.69) is 30.9 Å². The molecule has 0 bridgehead atoms. The topological polar surface area (TPSA) is 36.4 Å². The molecule has 0 saturated carbocycles. The molecule has 0 aliphatic heterocycles. The maximum atomic E-state index is 13.3. The second-order valence-electron chi connectivity index (χ2n) is 7.00. The molecular formula is C21H25N3OS. The van der Waals surface area contributed by atoms with Gasteiger partial charge in [0.05, 0.1) is 10.2 Å². The van der Waals surface area contributed by atoms with Gasteiger partial charge in [-0.05, 0) is 63.7 Å². The minimum Gasteiger partial charge on any atom is -0.308 e. The molecule has 0 aliphatic rings. The number of hydrogen-bond acceptors (Lipinski definition) is 4. The Labute approximate surface area is 159 Å². The van der Waals surface area contributed by atoms with Crippen LogP contribution in [0.1, 0.15) is 27.0 Å². The summed E-state index contributed by atoms with van der Waals surface area (Å²) in [5.41, 5.74) is 5.09. The Hall–Kier alpha value is -2.24. The number of thiazole rings is 1. The van der Waals surface area contributed by atoms with Crippen molar-refractivity contribution in [3.63, 3.8) is 0 Å². The van der Waals surface area contributed by atoms with E-state index < -0.39 is 0 Å². The molecule has 5 heteroatoms. The zero-order chi connectivity index (χ0) is 18.8. The zero-order valence-electron chi connectivity index (χ0n) is 16.0. The number of rotatable bonds is 5. The molecular weight excluding hydrogens is 342 g/mol. The minimum absolute atomic E-state index is 0.0124. The molecule has 0 spiro atoms. The second kappa shape index (κ2) is 7.56. The van der Waals surface area contributed by atoms with Gasteiger partial charge in [-0.15, -0.1) is 0 Å². The van der Waals surface area contributed by atoms with Crippen LogP contribution in [0.4, 0.5) is 5.13 Å². The van der Waals surface area contributed by atoms with Crippen LogP contribution in [0, 0.1) is 20.8 Å². The van der Waals surface area contributed by atoms with Crippen LogP contribution in [0.15, 0.2) is 36.4 Å². The monoisotopic (exact) mass is 367 g/mol. The maximum absolute atomic E-state index is 13.3. The standard InChI is InChI=1S/C21H25N3OS/c1-14-12-16(3)19-18(13-14)22-21(26-19)24(11-10-23(4)5)20(25)17-9-7-6-8-15(17)2/h6-9,12-13H,10-11H2,1-5H3. The van der Waals surface area contributed by atoms with Crippen LogP contribution in [0.25, 0.3) is 10.2 Å². The van der Waals surface area contributed by atoms with E-state index in [0.29, 0.717) is 6.54 Å². The fraction of sp³-hybridized carbons (Fsp3) is 0.333. The first kappa shape index (κ1) is 18.5. The first-order chi connectivity index (χ1) is 12.4. The molecule has 0 radical (unpaired) electrons. The Kier molecular flexibility index (Phi) is 5.39. The van der Waals surface area contributed by atoms with Crippen LogP contribution >= 0.6 is 11.3 Å². The average Bonchev–Trinajstić information content (AvgIpc) is 2.99. The van der Waals surface area contributed by atoms with Crippen molar-refractivity contribution in [3.05, 3.63) is 58.7 Å². The number of likely N-dealkylation sites (N-methyl/N-ethyl adjacent to an activating group) is 1. The molecule has 0 fully saturated rings. The summed E-state index contributed by atoms with van der Waals surface area (Å²) in [6, 6.07) is 12.0. The Morgan fingerprint density at radius 3 is 2.46 bits per heavy atom. The predicted octanol–water partition coefficient (Wildman–Crippen LogP) is 4.43. The van der Waals surface area contributed by atoms with E-state index >= 15 is 0 Å². The van der Waals surface area contributed by atoms with Crippen LogP contribution < -0.4 is 4.90 Å². The van der Waals surface area contributed by atoms with Gasteiger partial charge >= 0.3 is 0 Å². The number of fused-ring (bicyclic) bond motifs is 1. The maximum Gasteiger partial charge on any atom is 0.260 e. The number of carbonyl (C=O) groups excluding carboxylic acids is 1. The Bertz CT molecular complexity index is 946. The number of amides is 1. The summed E-state index contributed by atoms with van der Waals surface area (Å²) in [7, 11) is 4.03. The number of benzene rings is 2. The van der Waals surface area contributed by atoms with E-state index in [9.17, 15) is 4.79 Å². The van der Waals surface area contributed by atoms with Gasteiger partial charge in [0.2, 0.25) is 0 Å². The highest BCUT2D eigenvalue weighted by Gasteiger charge is 2.23. The molecule has 3 aromatic rings. The predicted molar refractivity (Wildman–Crippen MR) is 111 cm³/mol. The quantitative estimate of drug-likeness (QED) is 0.669. The number of hydrogen-bond donors (Lipinski definition) is 0. The van der Waals surface area contributed by atoms with E-state index in [1.807, 2.05) is 50.2 Å². The third kappa shape index (κ3) is 3.79. The van der Waals surface area contributed by atoms with Crippen molar-refractivity contribution < 1.29 is 4.79 Å². The van der Waals surface area contributed by atoms with E-state index in [1.165, 1.54) is 11.1 Å². The van der Waals surface area contributed by atoms with Crippen LogP contribution in [0.5, 0.6) is 0 Å². The molecule has 1 aromatic heterocycles. The van der Waals surface area contributed by atoms with Crippen LogP contribution in [-0.4, -0.2) is 43.0 Å². The molecule has 0 aliphatic carbocycles. The summed E-state index contributed by atoms with van der Waals surface area (Å²) in [4.78, 5) is 22.0. The third-order valence-electron chi connectivity index (χ3n) is 4.43. The largest absolute Gasteiger partial charge is 0.308 e. The van der Waals surface area contributed by atoms with Crippen LogP contribution in [0.3, 0.4) is 0 Å². The van der Waals surface area contributed by atoms with Crippen LogP contribution in [-0.2, 0) is 0 Å². The summed E-state index contributed by atoms with van der Waals surface area (Å²) in [6.07, 6.45) is 0. The Balaban J connectivity index is 2.05. The lowest BCUT2D eigenvalue weighted by atomic mass is 10.1. The lowest BCUT2D eigenvalue weighted by Gasteiger charge is -2.22. The number of anilines is 1. The van der Waals surface area contributed by atoms with Gasteiger partial charge in [0.1, 0.15) is 0 Å². The van der Waals surface area contributed by atoms with E-state index in [0.717, 1.165) is 33.0 Å². The highest BCUT2D eigenvalue weighted by atomic mass is 32.1. The van der Waals surface area contributed by atoms with Crippen molar-refractivity contribution >= 4 is 32.6 Å². The van der Waals surface area contributed by atoms with Crippen molar-refractivity contribution in [3.8, 4) is 0 Å². The van der Waals surface area contributed by atoms with Crippen molar-refractivity contribution in [2.45, 2.75) is 20.8 Å². The highest BCUT2D eigenvalue weighted by Crippen LogP contribution is 2.33. The lowest BCUT2D eigenvalue weighted by Crippen LogP contribution is -2.37. The summed E-state index contributed by atoms with van der Waals surface area (Å²) >= 11 is 1.60. The van der Waals surface area contributed by atoms with E-state index in [4.69, 9.17) is 4.98 Å². The third-order valence-corrected chi connectivity index (χ3v) is 5.66. The minimum atomic E-state index is 0.0124. The Morgan fingerprint density at radius 2 is 1.77 bits per heavy atom. The SMILES string of the molecule is Cc1cc(C)c2sc(N(CCN(C)C)C(=O)c3ccccc3C)nc2c1. The van der Waals surface area contributed by atoms with Gasteiger partial charge in [-0.25, -0.2) is 4.98 Å². The van der Waals surface area contributed by atoms with Crippen molar-refractivity contribution in [1.29, 1.82) is 0 Å². The molecule has 1 amide bonds. The summed E-state index contributed by atoms with van der Waals surface area (Å²) in [5, 5.41) is 0.767. The van der Waals surface area contributed by atoms with Gasteiger partial charge in [0, 0.05) is 18.7 Å². The van der Waals surface area contributed by atoms with Gasteiger partial charge in [0.25, 0.3) is 5.91 Å². The fourth-order valence-corrected chi connectivity index (χ4v) is 4.06. The first-order valence-corrected chi connectivity index (χ1v) is 9.58. The summed E-state index contributed by atoms with van der Waals surface area (Å²) in [6.45, 7) is 7.55. The molecule has 1 heterocycles. The number of aromatic nitrogens is 1. The van der Waals surface area contributed by atoms with Gasteiger partial charge in [0.15, 0.2) is 5.13 Å². The molecule has 0 unspecified atom stereocenters. The van der Waals surface area contributed by atoms with Gasteiger partial charge in [-0.1, -0.05) is 35.6 Å². The van der Waals surface area contributed by atoms with Crippen LogP contribution in [0.2, 0.25) is 0 Å². The summed E-state index contributed by atoms with van der Waals surface area (Å²) < 4.78 is 1.15. The molecule has 0 N–H and O–H groups in total. The molecule has 0 saturated heterocycles. The number of aryl methyl sites for hydroxylation is 3. The second-order valence-corrected chi connectivity index (χ2v) is 7.98. The van der Waals surface area contributed by atoms with Gasteiger partial charge < -0.3 is 4.90 Å². The highest BCUT2D eigenvalue weighted by molar-refractivity contribution is 7.22.